The van der Waals surface area contributed by atoms with Crippen molar-refractivity contribution in [2.24, 2.45) is 0 Å². The molecule has 2 heterocycles. The summed E-state index contributed by atoms with van der Waals surface area (Å²) in [5, 5.41) is 9.36. The molecule has 0 aliphatic carbocycles. The fourth-order valence-corrected chi connectivity index (χ4v) is 4.75. The molecule has 8 nitrogen and oxygen atoms in total. The zero-order chi connectivity index (χ0) is 26.1. The second-order valence-corrected chi connectivity index (χ2v) is 10.00. The van der Waals surface area contributed by atoms with Gasteiger partial charge in [-0.2, -0.15) is 0 Å². The van der Waals surface area contributed by atoms with E-state index in [0.717, 1.165) is 20.8 Å². The number of carbonyl (C=O) groups is 3. The van der Waals surface area contributed by atoms with Gasteiger partial charge >= 0.3 is 0 Å². The summed E-state index contributed by atoms with van der Waals surface area (Å²) in [5.41, 5.74) is 3.07. The zero-order valence-corrected chi connectivity index (χ0v) is 21.7. The number of hydrogen-bond acceptors (Lipinski definition) is 6. The molecule has 3 aromatic rings. The van der Waals surface area contributed by atoms with Gasteiger partial charge in [0.05, 0.1) is 21.3 Å². The molecular weight excluding hydrogens is 474 g/mol. The topological polar surface area (TPSA) is 113 Å². The van der Waals surface area contributed by atoms with E-state index in [9.17, 15) is 14.4 Å². The van der Waals surface area contributed by atoms with Crippen LogP contribution in [-0.4, -0.2) is 46.3 Å². The maximum absolute atomic E-state index is 13.4. The third-order valence-electron chi connectivity index (χ3n) is 5.76. The number of hydrogen-bond donors (Lipinski definition) is 3. The molecule has 2 atom stereocenters. The molecule has 0 aliphatic heterocycles. The molecule has 1 aromatic carbocycles. The Morgan fingerprint density at radius 3 is 2.50 bits per heavy atom. The predicted molar refractivity (Wildman–Crippen MR) is 143 cm³/mol. The fraction of sp³-hybridized carbons (Fsp3) is 0.370. The molecule has 36 heavy (non-hydrogen) atoms. The molecule has 2 unspecified atom stereocenters. The third kappa shape index (κ3) is 7.71. The highest BCUT2D eigenvalue weighted by atomic mass is 32.1. The Bertz CT molecular complexity index is 1210. The van der Waals surface area contributed by atoms with E-state index < -0.39 is 12.1 Å². The first-order valence-corrected chi connectivity index (χ1v) is 12.9. The number of pyridine rings is 1. The molecule has 0 saturated heterocycles. The lowest BCUT2D eigenvalue weighted by molar-refractivity contribution is -0.129. The van der Waals surface area contributed by atoms with Gasteiger partial charge in [0.25, 0.3) is 0 Å². The van der Waals surface area contributed by atoms with E-state index in [-0.39, 0.29) is 37.1 Å². The fourth-order valence-electron chi connectivity index (χ4n) is 3.69. The lowest BCUT2D eigenvalue weighted by atomic mass is 10.0. The first-order valence-electron chi connectivity index (χ1n) is 12.1. The predicted octanol–water partition coefficient (Wildman–Crippen LogP) is 3.28. The smallest absolute Gasteiger partial charge is 0.243 e. The van der Waals surface area contributed by atoms with Crippen LogP contribution < -0.4 is 16.0 Å². The minimum atomic E-state index is -0.794. The Balaban J connectivity index is 1.79. The van der Waals surface area contributed by atoms with Gasteiger partial charge < -0.3 is 16.0 Å². The van der Waals surface area contributed by atoms with E-state index in [0.29, 0.717) is 12.3 Å². The van der Waals surface area contributed by atoms with Crippen molar-refractivity contribution >= 4 is 39.3 Å². The van der Waals surface area contributed by atoms with E-state index in [4.69, 9.17) is 4.98 Å². The summed E-state index contributed by atoms with van der Waals surface area (Å²) >= 11 is 1.53. The van der Waals surface area contributed by atoms with E-state index in [1.165, 1.54) is 23.0 Å². The second kappa shape index (κ2) is 12.9. The number of amides is 3. The van der Waals surface area contributed by atoms with Crippen LogP contribution in [0.3, 0.4) is 0 Å². The summed E-state index contributed by atoms with van der Waals surface area (Å²) in [6, 6.07) is 8.73. The van der Waals surface area contributed by atoms with Crippen molar-refractivity contribution in [3.05, 3.63) is 71.5 Å². The molecule has 0 saturated carbocycles. The molecule has 0 spiro atoms. The van der Waals surface area contributed by atoms with Crippen molar-refractivity contribution in [3.8, 4) is 0 Å². The van der Waals surface area contributed by atoms with E-state index >= 15 is 0 Å². The van der Waals surface area contributed by atoms with Gasteiger partial charge in [-0.3, -0.25) is 19.4 Å². The summed E-state index contributed by atoms with van der Waals surface area (Å²) in [6.45, 7) is 9.71. The maximum Gasteiger partial charge on any atom is 0.243 e. The summed E-state index contributed by atoms with van der Waals surface area (Å²) in [6.07, 6.45) is 5.57. The molecule has 9 heteroatoms. The van der Waals surface area contributed by atoms with Crippen LogP contribution in [-0.2, 0) is 27.2 Å². The van der Waals surface area contributed by atoms with Gasteiger partial charge in [0.15, 0.2) is 0 Å². The minimum absolute atomic E-state index is 0.215. The van der Waals surface area contributed by atoms with Crippen molar-refractivity contribution < 1.29 is 14.4 Å². The highest BCUT2D eigenvalue weighted by molar-refractivity contribution is 7.18. The van der Waals surface area contributed by atoms with Crippen LogP contribution >= 0.6 is 11.3 Å². The SMILES string of the molecule is C=CC(=O)NCC(Cc1ccncc1)NC(=O)C(Cc1nc2ccc(C(C)C)cc2s1)NC(=O)CC. The van der Waals surface area contributed by atoms with Crippen LogP contribution in [0.15, 0.2) is 55.4 Å². The monoisotopic (exact) mass is 507 g/mol. The normalized spacial score (nSPS) is 12.7. The molecule has 3 N–H and O–H groups in total. The maximum atomic E-state index is 13.4. The van der Waals surface area contributed by atoms with Gasteiger partial charge in [-0.05, 0) is 53.8 Å². The van der Waals surface area contributed by atoms with Gasteiger partial charge in [0, 0.05) is 31.8 Å². The van der Waals surface area contributed by atoms with Crippen molar-refractivity contribution in [1.29, 1.82) is 0 Å². The molecule has 2 aromatic heterocycles. The van der Waals surface area contributed by atoms with Crippen molar-refractivity contribution in [3.63, 3.8) is 0 Å². The number of rotatable bonds is 12. The average Bonchev–Trinajstić information content (AvgIpc) is 3.28. The third-order valence-corrected chi connectivity index (χ3v) is 6.80. The molecule has 3 amide bonds. The van der Waals surface area contributed by atoms with E-state index in [2.05, 4.69) is 53.5 Å². The Kier molecular flexibility index (Phi) is 9.69. The number of nitrogens with zero attached hydrogens (tertiary/aromatic N) is 2. The van der Waals surface area contributed by atoms with Gasteiger partial charge in [-0.1, -0.05) is 33.4 Å². The number of carbonyl (C=O) groups excluding carboxylic acids is 3. The zero-order valence-electron chi connectivity index (χ0n) is 20.9. The van der Waals surface area contributed by atoms with Crippen LogP contribution in [0, 0.1) is 0 Å². The van der Waals surface area contributed by atoms with Crippen LogP contribution in [0.2, 0.25) is 0 Å². The number of aromatic nitrogens is 2. The molecule has 0 bridgehead atoms. The van der Waals surface area contributed by atoms with Crippen LogP contribution in [0.1, 0.15) is 49.2 Å². The number of fused-ring (bicyclic) bond motifs is 1. The first kappa shape index (κ1) is 27.0. The molecular formula is C27H33N5O3S. The Morgan fingerprint density at radius 2 is 1.83 bits per heavy atom. The average molecular weight is 508 g/mol. The molecule has 0 radical (unpaired) electrons. The van der Waals surface area contributed by atoms with Crippen molar-refractivity contribution in [2.45, 2.75) is 58.0 Å². The number of nitrogens with one attached hydrogen (secondary N) is 3. The standard InChI is InChI=1S/C27H33N5O3S/c1-5-24(33)29-16-20(13-18-9-11-28-12-10-18)30-27(35)22(31-25(34)6-2)15-26-32-21-8-7-19(17(3)4)14-23(21)36-26/h5,7-12,14,17,20,22H,1,6,13,15-16H2,2-4H3,(H,29,33)(H,30,35)(H,31,34). The molecule has 3 rings (SSSR count). The van der Waals surface area contributed by atoms with E-state index in [1.54, 1.807) is 19.3 Å². The summed E-state index contributed by atoms with van der Waals surface area (Å²) in [5.74, 6) is -0.467. The lowest BCUT2D eigenvalue weighted by Crippen LogP contribution is -2.53. The quantitative estimate of drug-likeness (QED) is 0.326. The van der Waals surface area contributed by atoms with Crippen LogP contribution in [0.5, 0.6) is 0 Å². The Hall–Kier alpha value is -3.59. The van der Waals surface area contributed by atoms with Crippen molar-refractivity contribution in [2.75, 3.05) is 6.54 Å². The summed E-state index contributed by atoms with van der Waals surface area (Å²) < 4.78 is 1.06. The Labute approximate surface area is 215 Å². The van der Waals surface area contributed by atoms with E-state index in [1.807, 2.05) is 18.2 Å². The Morgan fingerprint density at radius 1 is 1.08 bits per heavy atom. The van der Waals surface area contributed by atoms with Crippen molar-refractivity contribution in [1.82, 2.24) is 25.9 Å². The minimum Gasteiger partial charge on any atom is -0.350 e. The highest BCUT2D eigenvalue weighted by Gasteiger charge is 2.25. The number of thiazole rings is 1. The second-order valence-electron chi connectivity index (χ2n) is 8.88. The lowest BCUT2D eigenvalue weighted by Gasteiger charge is -2.23. The van der Waals surface area contributed by atoms with Gasteiger partial charge in [0.2, 0.25) is 17.7 Å². The molecule has 0 aliphatic rings. The summed E-state index contributed by atoms with van der Waals surface area (Å²) in [4.78, 5) is 46.1. The van der Waals surface area contributed by atoms with Gasteiger partial charge in [0.1, 0.15) is 6.04 Å². The first-order chi connectivity index (χ1) is 17.3. The van der Waals surface area contributed by atoms with Gasteiger partial charge in [-0.25, -0.2) is 4.98 Å². The largest absolute Gasteiger partial charge is 0.350 e. The molecule has 190 valence electrons. The van der Waals surface area contributed by atoms with Crippen LogP contribution in [0.4, 0.5) is 0 Å². The highest BCUT2D eigenvalue weighted by Crippen LogP contribution is 2.27. The number of benzene rings is 1. The summed E-state index contributed by atoms with van der Waals surface area (Å²) in [7, 11) is 0. The van der Waals surface area contributed by atoms with Gasteiger partial charge in [-0.15, -0.1) is 11.3 Å². The van der Waals surface area contributed by atoms with Crippen LogP contribution in [0.25, 0.3) is 10.2 Å². The molecule has 0 fully saturated rings.